The first-order valence-electron chi connectivity index (χ1n) is 5.80. The molecule has 7 nitrogen and oxygen atoms in total. The third-order valence-electron chi connectivity index (χ3n) is 2.18. The summed E-state index contributed by atoms with van der Waals surface area (Å²) in [5.74, 6) is 0.334. The highest BCUT2D eigenvalue weighted by molar-refractivity contribution is 5.95. The van der Waals surface area contributed by atoms with Crippen LogP contribution in [0.1, 0.15) is 11.5 Å². The SMILES string of the molecule is C=CCNC(=O)NC(=O)CN(C)Cc1cc(C)on1. The molecular formula is C12H18N4O3. The van der Waals surface area contributed by atoms with Gasteiger partial charge in [-0.15, -0.1) is 6.58 Å². The van der Waals surface area contributed by atoms with Crippen molar-refractivity contribution in [2.24, 2.45) is 0 Å². The van der Waals surface area contributed by atoms with Crippen molar-refractivity contribution in [2.75, 3.05) is 20.1 Å². The molecule has 1 aromatic heterocycles. The van der Waals surface area contributed by atoms with Gasteiger partial charge in [0.1, 0.15) is 5.76 Å². The van der Waals surface area contributed by atoms with Crippen LogP contribution in [-0.4, -0.2) is 42.1 Å². The number of amides is 3. The Morgan fingerprint density at radius 1 is 1.58 bits per heavy atom. The van der Waals surface area contributed by atoms with Crippen LogP contribution in [0.5, 0.6) is 0 Å². The van der Waals surface area contributed by atoms with Gasteiger partial charge in [-0.1, -0.05) is 11.2 Å². The molecule has 0 aliphatic heterocycles. The zero-order valence-corrected chi connectivity index (χ0v) is 11.1. The van der Waals surface area contributed by atoms with Gasteiger partial charge in [0, 0.05) is 19.2 Å². The third-order valence-corrected chi connectivity index (χ3v) is 2.18. The van der Waals surface area contributed by atoms with Crippen molar-refractivity contribution >= 4 is 11.9 Å². The van der Waals surface area contributed by atoms with E-state index in [0.717, 1.165) is 11.5 Å². The van der Waals surface area contributed by atoms with E-state index in [1.54, 1.807) is 24.9 Å². The predicted molar refractivity (Wildman–Crippen MR) is 69.3 cm³/mol. The third kappa shape index (κ3) is 5.82. The Hall–Kier alpha value is -2.15. The summed E-state index contributed by atoms with van der Waals surface area (Å²) in [7, 11) is 1.76. The number of aromatic nitrogens is 1. The molecule has 0 fully saturated rings. The van der Waals surface area contributed by atoms with Crippen LogP contribution in [0.2, 0.25) is 0 Å². The van der Waals surface area contributed by atoms with Crippen LogP contribution in [0.15, 0.2) is 23.2 Å². The molecule has 0 radical (unpaired) electrons. The molecule has 0 aromatic carbocycles. The molecule has 0 aliphatic carbocycles. The monoisotopic (exact) mass is 266 g/mol. The summed E-state index contributed by atoms with van der Waals surface area (Å²) in [5, 5.41) is 8.49. The molecular weight excluding hydrogens is 248 g/mol. The molecule has 3 amide bonds. The second kappa shape index (κ2) is 7.32. The van der Waals surface area contributed by atoms with Crippen LogP contribution < -0.4 is 10.6 Å². The molecule has 0 unspecified atom stereocenters. The summed E-state index contributed by atoms with van der Waals surface area (Å²) in [4.78, 5) is 24.5. The topological polar surface area (TPSA) is 87.5 Å². The standard InChI is InChI=1S/C12H18N4O3/c1-4-5-13-12(18)14-11(17)8-16(3)7-10-6-9(2)19-15-10/h4,6H,1,5,7-8H2,2-3H3,(H2,13,14,17,18). The number of carbonyl (C=O) groups is 2. The molecule has 104 valence electrons. The van der Waals surface area contributed by atoms with Crippen LogP contribution in [0.3, 0.4) is 0 Å². The van der Waals surface area contributed by atoms with Crippen LogP contribution in [0.25, 0.3) is 0 Å². The molecule has 7 heteroatoms. The molecule has 0 saturated heterocycles. The van der Waals surface area contributed by atoms with Crippen molar-refractivity contribution in [1.29, 1.82) is 0 Å². The van der Waals surface area contributed by atoms with Crippen molar-refractivity contribution in [1.82, 2.24) is 20.7 Å². The van der Waals surface area contributed by atoms with Crippen molar-refractivity contribution in [3.63, 3.8) is 0 Å². The molecule has 1 rings (SSSR count). The Kier molecular flexibility index (Phi) is 5.74. The Morgan fingerprint density at radius 2 is 2.32 bits per heavy atom. The van der Waals surface area contributed by atoms with Gasteiger partial charge < -0.3 is 9.84 Å². The van der Waals surface area contributed by atoms with Gasteiger partial charge in [0.2, 0.25) is 5.91 Å². The van der Waals surface area contributed by atoms with Gasteiger partial charge in [-0.3, -0.25) is 15.0 Å². The lowest BCUT2D eigenvalue weighted by atomic mass is 10.3. The molecule has 0 aliphatic rings. The zero-order valence-electron chi connectivity index (χ0n) is 11.1. The molecule has 1 aromatic rings. The second-order valence-electron chi connectivity index (χ2n) is 4.15. The van der Waals surface area contributed by atoms with E-state index in [1.807, 2.05) is 0 Å². The van der Waals surface area contributed by atoms with Crippen LogP contribution in [0.4, 0.5) is 4.79 Å². The maximum atomic E-state index is 11.5. The van der Waals surface area contributed by atoms with Gasteiger partial charge in [-0.2, -0.15) is 0 Å². The number of nitrogens with zero attached hydrogens (tertiary/aromatic N) is 2. The fourth-order valence-electron chi connectivity index (χ4n) is 1.45. The van der Waals surface area contributed by atoms with Gasteiger partial charge in [-0.25, -0.2) is 4.79 Å². The Labute approximate surface area is 111 Å². The van der Waals surface area contributed by atoms with Crippen molar-refractivity contribution in [2.45, 2.75) is 13.5 Å². The molecule has 0 atom stereocenters. The Bertz CT molecular complexity index is 456. The Morgan fingerprint density at radius 3 is 2.89 bits per heavy atom. The lowest BCUT2D eigenvalue weighted by Gasteiger charge is -2.14. The quantitative estimate of drug-likeness (QED) is 0.729. The van der Waals surface area contributed by atoms with Gasteiger partial charge in [-0.05, 0) is 14.0 Å². The molecule has 19 heavy (non-hydrogen) atoms. The summed E-state index contributed by atoms with van der Waals surface area (Å²) in [6.07, 6.45) is 1.53. The molecule has 1 heterocycles. The maximum absolute atomic E-state index is 11.5. The summed E-state index contributed by atoms with van der Waals surface area (Å²) in [5.41, 5.74) is 0.740. The first-order valence-corrected chi connectivity index (χ1v) is 5.80. The molecule has 2 N–H and O–H groups in total. The van der Waals surface area contributed by atoms with E-state index in [9.17, 15) is 9.59 Å². The highest BCUT2D eigenvalue weighted by Gasteiger charge is 2.11. The van der Waals surface area contributed by atoms with E-state index in [-0.39, 0.29) is 12.5 Å². The number of rotatable bonds is 6. The number of aryl methyl sites for hydroxylation is 1. The fourth-order valence-corrected chi connectivity index (χ4v) is 1.45. The number of urea groups is 1. The van der Waals surface area contributed by atoms with E-state index < -0.39 is 6.03 Å². The predicted octanol–water partition coefficient (Wildman–Crippen LogP) is 0.427. The number of nitrogens with one attached hydrogen (secondary N) is 2. The lowest BCUT2D eigenvalue weighted by molar-refractivity contribution is -0.121. The number of hydrogen-bond acceptors (Lipinski definition) is 5. The summed E-state index contributed by atoms with van der Waals surface area (Å²) in [6.45, 7) is 6.13. The van der Waals surface area contributed by atoms with E-state index in [0.29, 0.717) is 13.1 Å². The maximum Gasteiger partial charge on any atom is 0.321 e. The van der Waals surface area contributed by atoms with Crippen molar-refractivity contribution in [3.05, 3.63) is 30.2 Å². The highest BCUT2D eigenvalue weighted by atomic mass is 16.5. The second-order valence-corrected chi connectivity index (χ2v) is 4.15. The largest absolute Gasteiger partial charge is 0.361 e. The smallest absolute Gasteiger partial charge is 0.321 e. The number of imide groups is 1. The first kappa shape index (κ1) is 14.9. The first-order chi connectivity index (χ1) is 9.01. The fraction of sp³-hybridized carbons (Fsp3) is 0.417. The number of likely N-dealkylation sites (N-methyl/N-ethyl adjacent to an activating group) is 1. The van der Waals surface area contributed by atoms with Gasteiger partial charge >= 0.3 is 6.03 Å². The van der Waals surface area contributed by atoms with E-state index in [4.69, 9.17) is 4.52 Å². The number of hydrogen-bond donors (Lipinski definition) is 2. The summed E-state index contributed by atoms with van der Waals surface area (Å²) < 4.78 is 4.93. The average molecular weight is 266 g/mol. The summed E-state index contributed by atoms with van der Waals surface area (Å²) in [6, 6.07) is 1.26. The minimum Gasteiger partial charge on any atom is -0.361 e. The van der Waals surface area contributed by atoms with Gasteiger partial charge in [0.25, 0.3) is 0 Å². The minimum absolute atomic E-state index is 0.0907. The average Bonchev–Trinajstić information content (AvgIpc) is 2.71. The minimum atomic E-state index is -0.532. The Balaban J connectivity index is 2.31. The van der Waals surface area contributed by atoms with Gasteiger partial charge in [0.05, 0.1) is 12.2 Å². The molecule has 0 saturated carbocycles. The molecule has 0 spiro atoms. The van der Waals surface area contributed by atoms with Crippen molar-refractivity contribution < 1.29 is 14.1 Å². The summed E-state index contributed by atoms with van der Waals surface area (Å²) >= 11 is 0. The van der Waals surface area contributed by atoms with E-state index in [2.05, 4.69) is 22.4 Å². The van der Waals surface area contributed by atoms with Gasteiger partial charge in [0.15, 0.2) is 0 Å². The normalized spacial score (nSPS) is 10.3. The highest BCUT2D eigenvalue weighted by Crippen LogP contribution is 2.03. The van der Waals surface area contributed by atoms with Crippen molar-refractivity contribution in [3.8, 4) is 0 Å². The molecule has 0 bridgehead atoms. The van der Waals surface area contributed by atoms with Crippen LogP contribution >= 0.6 is 0 Å². The van der Waals surface area contributed by atoms with E-state index in [1.165, 1.54) is 6.08 Å². The number of carbonyl (C=O) groups excluding carboxylic acids is 2. The zero-order chi connectivity index (χ0) is 14.3. The van der Waals surface area contributed by atoms with E-state index >= 15 is 0 Å². The van der Waals surface area contributed by atoms with Crippen LogP contribution in [-0.2, 0) is 11.3 Å². The van der Waals surface area contributed by atoms with Crippen LogP contribution in [0, 0.1) is 6.92 Å². The lowest BCUT2D eigenvalue weighted by Crippen LogP contribution is -2.43.